The Bertz CT molecular complexity index is 497. The van der Waals surface area contributed by atoms with Gasteiger partial charge in [0.25, 0.3) is 5.91 Å². The number of amides is 1. The Kier molecular flexibility index (Phi) is 3.29. The van der Waals surface area contributed by atoms with E-state index in [1.165, 1.54) is 18.8 Å². The van der Waals surface area contributed by atoms with Crippen molar-refractivity contribution in [2.45, 2.75) is 6.42 Å². The molecular formula is C10H11N5O2. The minimum Gasteiger partial charge on any atom is -0.398 e. The van der Waals surface area contributed by atoms with E-state index in [1.54, 1.807) is 6.07 Å². The molecule has 0 saturated heterocycles. The monoisotopic (exact) mass is 233 g/mol. The van der Waals surface area contributed by atoms with Gasteiger partial charge < -0.3 is 15.6 Å². The van der Waals surface area contributed by atoms with Crippen molar-refractivity contribution in [3.63, 3.8) is 0 Å². The van der Waals surface area contributed by atoms with Crippen molar-refractivity contribution in [2.24, 2.45) is 0 Å². The Hall–Kier alpha value is -2.44. The van der Waals surface area contributed by atoms with E-state index >= 15 is 0 Å². The summed E-state index contributed by atoms with van der Waals surface area (Å²) in [6.45, 7) is 0.409. The fourth-order valence-corrected chi connectivity index (χ4v) is 1.28. The number of carbonyl (C=O) groups is 1. The van der Waals surface area contributed by atoms with Crippen LogP contribution in [-0.4, -0.2) is 27.6 Å². The average Bonchev–Trinajstić information content (AvgIpc) is 2.82. The van der Waals surface area contributed by atoms with Crippen LogP contribution in [0, 0.1) is 0 Å². The third-order valence-electron chi connectivity index (χ3n) is 2.14. The van der Waals surface area contributed by atoms with Gasteiger partial charge in [-0.05, 0) is 6.07 Å². The molecule has 1 amide bonds. The lowest BCUT2D eigenvalue weighted by Gasteiger charge is -2.05. The molecule has 0 bridgehead atoms. The van der Waals surface area contributed by atoms with E-state index in [0.29, 0.717) is 30.0 Å². The van der Waals surface area contributed by atoms with Gasteiger partial charge in [0.1, 0.15) is 0 Å². The summed E-state index contributed by atoms with van der Waals surface area (Å²) in [6, 6.07) is 1.58. The topological polar surface area (TPSA) is 107 Å². The van der Waals surface area contributed by atoms with Crippen LogP contribution in [0.2, 0.25) is 0 Å². The average molecular weight is 233 g/mol. The molecule has 2 aromatic heterocycles. The maximum absolute atomic E-state index is 11.7. The van der Waals surface area contributed by atoms with Gasteiger partial charge in [0.15, 0.2) is 5.82 Å². The number of anilines is 1. The first kappa shape index (κ1) is 11.1. The van der Waals surface area contributed by atoms with E-state index in [1.807, 2.05) is 0 Å². The molecule has 0 spiro atoms. The molecule has 7 nitrogen and oxygen atoms in total. The third-order valence-corrected chi connectivity index (χ3v) is 2.14. The summed E-state index contributed by atoms with van der Waals surface area (Å²) >= 11 is 0. The Balaban J connectivity index is 1.88. The lowest BCUT2D eigenvalue weighted by Crippen LogP contribution is -2.26. The molecule has 2 rings (SSSR count). The van der Waals surface area contributed by atoms with Crippen LogP contribution in [0.3, 0.4) is 0 Å². The van der Waals surface area contributed by atoms with Crippen molar-refractivity contribution in [1.29, 1.82) is 0 Å². The number of carbonyl (C=O) groups excluding carboxylic acids is 1. The van der Waals surface area contributed by atoms with Gasteiger partial charge in [-0.2, -0.15) is 4.98 Å². The second-order valence-corrected chi connectivity index (χ2v) is 3.32. The summed E-state index contributed by atoms with van der Waals surface area (Å²) in [5.41, 5.74) is 6.41. The van der Waals surface area contributed by atoms with Crippen LogP contribution >= 0.6 is 0 Å². The second kappa shape index (κ2) is 5.06. The SMILES string of the molecule is Nc1ccncc1C(=O)NCCc1ncon1. The van der Waals surface area contributed by atoms with Gasteiger partial charge in [0.05, 0.1) is 5.56 Å². The van der Waals surface area contributed by atoms with Crippen LogP contribution in [0.1, 0.15) is 16.2 Å². The van der Waals surface area contributed by atoms with Crippen molar-refractivity contribution in [3.8, 4) is 0 Å². The highest BCUT2D eigenvalue weighted by Gasteiger charge is 2.09. The number of nitrogens with zero attached hydrogens (tertiary/aromatic N) is 3. The van der Waals surface area contributed by atoms with Crippen molar-refractivity contribution in [1.82, 2.24) is 20.4 Å². The molecule has 0 aliphatic rings. The Morgan fingerprint density at radius 3 is 3.12 bits per heavy atom. The molecule has 0 aliphatic carbocycles. The zero-order chi connectivity index (χ0) is 12.1. The minimum absolute atomic E-state index is 0.265. The van der Waals surface area contributed by atoms with Crippen LogP contribution < -0.4 is 11.1 Å². The van der Waals surface area contributed by atoms with E-state index in [0.717, 1.165) is 0 Å². The van der Waals surface area contributed by atoms with E-state index < -0.39 is 0 Å². The standard InChI is InChI=1S/C10H11N5O2/c11-8-1-3-12-5-7(8)10(16)13-4-2-9-14-6-17-15-9/h1,3,5-6H,2,4H2,(H2,11,12)(H,13,16). The first-order chi connectivity index (χ1) is 8.27. The van der Waals surface area contributed by atoms with Gasteiger partial charge in [0, 0.05) is 31.0 Å². The number of nitrogen functional groups attached to an aromatic ring is 1. The predicted octanol–water partition coefficient (Wildman–Crippen LogP) is 0.0193. The summed E-state index contributed by atoms with van der Waals surface area (Å²) in [7, 11) is 0. The summed E-state index contributed by atoms with van der Waals surface area (Å²) < 4.78 is 4.57. The molecule has 7 heteroatoms. The molecule has 88 valence electrons. The van der Waals surface area contributed by atoms with E-state index in [-0.39, 0.29) is 5.91 Å². The second-order valence-electron chi connectivity index (χ2n) is 3.32. The minimum atomic E-state index is -0.265. The first-order valence-corrected chi connectivity index (χ1v) is 5.00. The lowest BCUT2D eigenvalue weighted by atomic mass is 10.2. The molecule has 0 unspecified atom stereocenters. The highest BCUT2D eigenvalue weighted by atomic mass is 16.5. The number of pyridine rings is 1. The molecular weight excluding hydrogens is 222 g/mol. The number of hydrogen-bond donors (Lipinski definition) is 2. The van der Waals surface area contributed by atoms with Crippen molar-refractivity contribution in [2.75, 3.05) is 12.3 Å². The number of rotatable bonds is 4. The van der Waals surface area contributed by atoms with Crippen LogP contribution in [0.4, 0.5) is 5.69 Å². The van der Waals surface area contributed by atoms with Gasteiger partial charge in [-0.25, -0.2) is 0 Å². The highest BCUT2D eigenvalue weighted by molar-refractivity contribution is 5.98. The maximum Gasteiger partial charge on any atom is 0.254 e. The van der Waals surface area contributed by atoms with Crippen LogP contribution in [-0.2, 0) is 6.42 Å². The van der Waals surface area contributed by atoms with Gasteiger partial charge in [-0.1, -0.05) is 5.16 Å². The summed E-state index contributed by atoms with van der Waals surface area (Å²) in [6.07, 6.45) is 4.71. The third kappa shape index (κ3) is 2.77. The van der Waals surface area contributed by atoms with Crippen molar-refractivity contribution >= 4 is 11.6 Å². The molecule has 3 N–H and O–H groups in total. The fourth-order valence-electron chi connectivity index (χ4n) is 1.28. The quantitative estimate of drug-likeness (QED) is 0.770. The van der Waals surface area contributed by atoms with Crippen molar-refractivity contribution < 1.29 is 9.32 Å². The molecule has 0 aromatic carbocycles. The largest absolute Gasteiger partial charge is 0.398 e. The number of nitrogens with one attached hydrogen (secondary N) is 1. The molecule has 0 saturated carbocycles. The van der Waals surface area contributed by atoms with Gasteiger partial charge in [-0.3, -0.25) is 9.78 Å². The van der Waals surface area contributed by atoms with Gasteiger partial charge in [0.2, 0.25) is 6.39 Å². The molecule has 17 heavy (non-hydrogen) atoms. The van der Waals surface area contributed by atoms with E-state index in [2.05, 4.69) is 25.0 Å². The normalized spacial score (nSPS) is 10.1. The summed E-state index contributed by atoms with van der Waals surface area (Å²) in [5.74, 6) is 0.281. The zero-order valence-electron chi connectivity index (χ0n) is 8.96. The maximum atomic E-state index is 11.7. The van der Waals surface area contributed by atoms with E-state index in [4.69, 9.17) is 5.73 Å². The molecule has 0 fully saturated rings. The van der Waals surface area contributed by atoms with E-state index in [9.17, 15) is 4.79 Å². The van der Waals surface area contributed by atoms with Crippen LogP contribution in [0.15, 0.2) is 29.4 Å². The smallest absolute Gasteiger partial charge is 0.254 e. The van der Waals surface area contributed by atoms with Crippen molar-refractivity contribution in [3.05, 3.63) is 36.2 Å². The molecule has 2 heterocycles. The molecule has 0 atom stereocenters. The highest BCUT2D eigenvalue weighted by Crippen LogP contribution is 2.07. The fraction of sp³-hybridized carbons (Fsp3) is 0.200. The summed E-state index contributed by atoms with van der Waals surface area (Å²) in [5, 5.41) is 6.33. The Morgan fingerprint density at radius 1 is 1.53 bits per heavy atom. The summed E-state index contributed by atoms with van der Waals surface area (Å²) in [4.78, 5) is 19.4. The van der Waals surface area contributed by atoms with Gasteiger partial charge in [-0.15, -0.1) is 0 Å². The van der Waals surface area contributed by atoms with Crippen LogP contribution in [0.25, 0.3) is 0 Å². The van der Waals surface area contributed by atoms with Crippen LogP contribution in [0.5, 0.6) is 0 Å². The number of nitrogens with two attached hydrogens (primary N) is 1. The zero-order valence-corrected chi connectivity index (χ0v) is 8.96. The molecule has 0 aliphatic heterocycles. The Morgan fingerprint density at radius 2 is 2.41 bits per heavy atom. The lowest BCUT2D eigenvalue weighted by molar-refractivity contribution is 0.0954. The Labute approximate surface area is 97.0 Å². The number of aromatic nitrogens is 3. The van der Waals surface area contributed by atoms with Gasteiger partial charge >= 0.3 is 0 Å². The molecule has 0 radical (unpaired) electrons. The predicted molar refractivity (Wildman–Crippen MR) is 59.0 cm³/mol. The molecule has 2 aromatic rings. The number of hydrogen-bond acceptors (Lipinski definition) is 6. The first-order valence-electron chi connectivity index (χ1n) is 5.00.